The molecular formula is C8H16CuN4-2. The van der Waals surface area contributed by atoms with Crippen LogP contribution in [0.4, 0.5) is 0 Å². The molecule has 0 unspecified atom stereocenters. The molecule has 1 rings (SSSR count). The monoisotopic (exact) mass is 231 g/mol. The molecule has 1 radical (unpaired) electrons. The molecule has 1 heterocycles. The van der Waals surface area contributed by atoms with Gasteiger partial charge in [0.05, 0.1) is 0 Å². The van der Waals surface area contributed by atoms with Gasteiger partial charge in [-0.05, 0) is 0 Å². The summed E-state index contributed by atoms with van der Waals surface area (Å²) in [4.78, 5) is 0. The molecule has 0 bridgehead atoms. The topological polar surface area (TPSA) is 56.4 Å². The molecule has 0 aromatic carbocycles. The van der Waals surface area contributed by atoms with Crippen LogP contribution in [0.1, 0.15) is 0 Å². The molecule has 0 amide bonds. The van der Waals surface area contributed by atoms with Crippen molar-refractivity contribution in [1.82, 2.24) is 0 Å². The standard InChI is InChI=1S/C8H16N4.Cu/c1-2-10-5-6-12-8-7-11-4-3-9-1;/h1-8H2;/q-4;+2. The van der Waals surface area contributed by atoms with E-state index in [4.69, 9.17) is 0 Å². The Morgan fingerprint density at radius 3 is 0.692 bits per heavy atom. The van der Waals surface area contributed by atoms with Crippen LogP contribution in [0.5, 0.6) is 0 Å². The molecule has 0 aliphatic carbocycles. The summed E-state index contributed by atoms with van der Waals surface area (Å²) in [5.74, 6) is 0. The van der Waals surface area contributed by atoms with Crippen molar-refractivity contribution in [3.63, 3.8) is 0 Å². The van der Waals surface area contributed by atoms with Crippen molar-refractivity contribution in [2.45, 2.75) is 0 Å². The van der Waals surface area contributed by atoms with E-state index in [0.29, 0.717) is 0 Å². The van der Waals surface area contributed by atoms with Crippen LogP contribution in [0.3, 0.4) is 0 Å². The van der Waals surface area contributed by atoms with Gasteiger partial charge in [-0.25, -0.2) is 0 Å². The van der Waals surface area contributed by atoms with Crippen LogP contribution in [0.25, 0.3) is 21.3 Å². The number of hydrogen-bond acceptors (Lipinski definition) is 0. The minimum atomic E-state index is 0. The molecule has 0 saturated carbocycles. The zero-order chi connectivity index (χ0) is 8.49. The van der Waals surface area contributed by atoms with Gasteiger partial charge in [-0.15, -0.1) is 0 Å². The van der Waals surface area contributed by atoms with Crippen molar-refractivity contribution in [1.29, 1.82) is 0 Å². The first-order valence-corrected chi connectivity index (χ1v) is 4.53. The molecule has 0 aromatic rings. The van der Waals surface area contributed by atoms with Gasteiger partial charge in [0.2, 0.25) is 0 Å². The maximum atomic E-state index is 4.29. The van der Waals surface area contributed by atoms with Crippen molar-refractivity contribution in [3.05, 3.63) is 21.3 Å². The quantitative estimate of drug-likeness (QED) is 0.568. The second kappa shape index (κ2) is 10.4. The fraction of sp³-hybridized carbons (Fsp3) is 1.00. The SMILES string of the molecule is C1C[N-]CC[N-]CC[N-]CC[N-]1.[Cu+2]. The fourth-order valence-corrected chi connectivity index (χ4v) is 1.01. The van der Waals surface area contributed by atoms with Crippen LogP contribution in [0.15, 0.2) is 0 Å². The average Bonchev–Trinajstić information content (AvgIpc) is 2.05. The summed E-state index contributed by atoms with van der Waals surface area (Å²) >= 11 is 0. The Bertz CT molecular complexity index is 59.1. The van der Waals surface area contributed by atoms with Gasteiger partial charge in [0.1, 0.15) is 0 Å². The second-order valence-electron chi connectivity index (χ2n) is 2.68. The van der Waals surface area contributed by atoms with Gasteiger partial charge >= 0.3 is 17.1 Å². The largest absolute Gasteiger partial charge is 2.00 e. The van der Waals surface area contributed by atoms with Crippen molar-refractivity contribution < 1.29 is 17.1 Å². The van der Waals surface area contributed by atoms with Gasteiger partial charge in [-0.1, -0.05) is 0 Å². The summed E-state index contributed by atoms with van der Waals surface area (Å²) < 4.78 is 0. The summed E-state index contributed by atoms with van der Waals surface area (Å²) in [5, 5.41) is 17.1. The van der Waals surface area contributed by atoms with Gasteiger partial charge in [0, 0.05) is 0 Å². The molecule has 0 aromatic heterocycles. The van der Waals surface area contributed by atoms with Crippen molar-refractivity contribution in [2.75, 3.05) is 52.4 Å². The van der Waals surface area contributed by atoms with Gasteiger partial charge < -0.3 is 21.3 Å². The van der Waals surface area contributed by atoms with E-state index in [-0.39, 0.29) is 17.1 Å². The zero-order valence-electron chi connectivity index (χ0n) is 7.75. The van der Waals surface area contributed by atoms with Crippen LogP contribution in [0, 0.1) is 0 Å². The number of hydrogen-bond donors (Lipinski definition) is 0. The van der Waals surface area contributed by atoms with E-state index in [1.54, 1.807) is 0 Å². The van der Waals surface area contributed by atoms with Crippen molar-refractivity contribution >= 4 is 0 Å². The third-order valence-electron chi connectivity index (χ3n) is 1.66. The molecule has 1 saturated heterocycles. The Morgan fingerprint density at radius 2 is 0.538 bits per heavy atom. The molecule has 5 heteroatoms. The minimum absolute atomic E-state index is 0. The van der Waals surface area contributed by atoms with Crippen LogP contribution >= 0.6 is 0 Å². The maximum Gasteiger partial charge on any atom is 2.00 e. The first-order valence-electron chi connectivity index (χ1n) is 4.53. The van der Waals surface area contributed by atoms with Gasteiger partial charge in [-0.2, -0.15) is 52.4 Å². The minimum Gasteiger partial charge on any atom is -0.665 e. The third kappa shape index (κ3) is 8.68. The molecule has 0 N–H and O–H groups in total. The van der Waals surface area contributed by atoms with Gasteiger partial charge in [-0.3, -0.25) is 0 Å². The van der Waals surface area contributed by atoms with Crippen LogP contribution < -0.4 is 0 Å². The predicted octanol–water partition coefficient (Wildman–Crippen LogP) is 1.49. The van der Waals surface area contributed by atoms with E-state index in [1.807, 2.05) is 0 Å². The normalized spacial score (nSPS) is 22.2. The van der Waals surface area contributed by atoms with E-state index in [2.05, 4.69) is 21.3 Å². The van der Waals surface area contributed by atoms with Crippen molar-refractivity contribution in [3.8, 4) is 0 Å². The Labute approximate surface area is 91.1 Å². The summed E-state index contributed by atoms with van der Waals surface area (Å²) in [6, 6.07) is 0. The number of nitrogens with zero attached hydrogens (tertiary/aromatic N) is 4. The van der Waals surface area contributed by atoms with Crippen LogP contribution in [-0.2, 0) is 17.1 Å². The Morgan fingerprint density at radius 1 is 0.385 bits per heavy atom. The van der Waals surface area contributed by atoms with Crippen LogP contribution in [-0.4, -0.2) is 52.4 Å². The van der Waals surface area contributed by atoms with E-state index < -0.39 is 0 Å². The molecule has 0 spiro atoms. The molecule has 1 fully saturated rings. The molecule has 0 atom stereocenters. The summed E-state index contributed by atoms with van der Waals surface area (Å²) in [5.41, 5.74) is 0. The predicted molar refractivity (Wildman–Crippen MR) is 52.4 cm³/mol. The third-order valence-corrected chi connectivity index (χ3v) is 1.66. The molecule has 81 valence electrons. The smallest absolute Gasteiger partial charge is 0.665 e. The Balaban J connectivity index is 0.00000144. The van der Waals surface area contributed by atoms with E-state index in [1.165, 1.54) is 0 Å². The number of rotatable bonds is 0. The first-order chi connectivity index (χ1) is 6.00. The van der Waals surface area contributed by atoms with Gasteiger partial charge in [0.25, 0.3) is 0 Å². The summed E-state index contributed by atoms with van der Waals surface area (Å²) in [6.07, 6.45) is 0. The fourth-order valence-electron chi connectivity index (χ4n) is 1.01. The van der Waals surface area contributed by atoms with E-state index >= 15 is 0 Å². The Kier molecular flexibility index (Phi) is 10.7. The molecule has 1 aliphatic heterocycles. The maximum absolute atomic E-state index is 4.29. The molecular weight excluding hydrogens is 216 g/mol. The molecule has 4 nitrogen and oxygen atoms in total. The Hall–Kier alpha value is 0.359. The molecule has 1 aliphatic rings. The first kappa shape index (κ1) is 13.4. The second-order valence-corrected chi connectivity index (χ2v) is 2.68. The average molecular weight is 232 g/mol. The summed E-state index contributed by atoms with van der Waals surface area (Å²) in [6.45, 7) is 6.85. The van der Waals surface area contributed by atoms with Gasteiger partial charge in [0.15, 0.2) is 0 Å². The summed E-state index contributed by atoms with van der Waals surface area (Å²) in [7, 11) is 0. The van der Waals surface area contributed by atoms with Crippen LogP contribution in [0.2, 0.25) is 0 Å². The van der Waals surface area contributed by atoms with E-state index in [9.17, 15) is 0 Å². The van der Waals surface area contributed by atoms with E-state index in [0.717, 1.165) is 52.4 Å². The molecule has 13 heavy (non-hydrogen) atoms. The zero-order valence-corrected chi connectivity index (χ0v) is 8.69. The van der Waals surface area contributed by atoms with Crippen molar-refractivity contribution in [2.24, 2.45) is 0 Å².